The molecule has 2 atom stereocenters. The molecule has 1 fully saturated rings. The van der Waals surface area contributed by atoms with Crippen LogP contribution in [0, 0.1) is 23.5 Å². The Morgan fingerprint density at radius 2 is 1.74 bits per heavy atom. The molecule has 1 heterocycles. The minimum Gasteiger partial charge on any atom is -0.495 e. The summed E-state index contributed by atoms with van der Waals surface area (Å²) >= 11 is 0. The standard InChI is InChI=1S/C23H26F2N2O6S/c1-14-8-15(2)12-27(11-14)34(30,31)21-9-16(4-7-20(21)32-3)23(29)33-13-22(28)26-17-5-6-18(24)19(25)10-17/h4-7,9-10,14-15H,8,11-13H2,1-3H3,(H,26,28). The summed E-state index contributed by atoms with van der Waals surface area (Å²) in [5, 5.41) is 2.28. The molecule has 34 heavy (non-hydrogen) atoms. The molecule has 8 nitrogen and oxygen atoms in total. The predicted octanol–water partition coefficient (Wildman–Crippen LogP) is 3.44. The number of halogens is 2. The van der Waals surface area contributed by atoms with Gasteiger partial charge in [-0.1, -0.05) is 13.8 Å². The van der Waals surface area contributed by atoms with Gasteiger partial charge in [0.25, 0.3) is 5.91 Å². The molecule has 2 unspecified atom stereocenters. The van der Waals surface area contributed by atoms with Crippen molar-refractivity contribution in [3.63, 3.8) is 0 Å². The van der Waals surface area contributed by atoms with E-state index in [1.807, 2.05) is 13.8 Å². The van der Waals surface area contributed by atoms with Gasteiger partial charge in [0.15, 0.2) is 18.2 Å². The number of nitrogens with zero attached hydrogens (tertiary/aromatic N) is 1. The molecule has 184 valence electrons. The van der Waals surface area contributed by atoms with Crippen LogP contribution in [0.15, 0.2) is 41.3 Å². The highest BCUT2D eigenvalue weighted by Crippen LogP contribution is 2.32. The van der Waals surface area contributed by atoms with E-state index in [1.54, 1.807) is 0 Å². The smallest absolute Gasteiger partial charge is 0.338 e. The van der Waals surface area contributed by atoms with Crippen molar-refractivity contribution in [1.29, 1.82) is 0 Å². The van der Waals surface area contributed by atoms with E-state index in [0.29, 0.717) is 13.1 Å². The van der Waals surface area contributed by atoms with Crippen molar-refractivity contribution in [3.05, 3.63) is 53.6 Å². The summed E-state index contributed by atoms with van der Waals surface area (Å²) in [5.74, 6) is -3.46. The number of hydrogen-bond donors (Lipinski definition) is 1. The van der Waals surface area contributed by atoms with Gasteiger partial charge in [-0.25, -0.2) is 22.0 Å². The Hall–Kier alpha value is -3.05. The fraction of sp³-hybridized carbons (Fsp3) is 0.391. The number of hydrogen-bond acceptors (Lipinski definition) is 6. The number of rotatable bonds is 7. The van der Waals surface area contributed by atoms with E-state index in [-0.39, 0.29) is 33.7 Å². The third-order valence-corrected chi connectivity index (χ3v) is 7.24. The highest BCUT2D eigenvalue weighted by atomic mass is 32.2. The van der Waals surface area contributed by atoms with Gasteiger partial charge in [-0.2, -0.15) is 4.31 Å². The Kier molecular flexibility index (Phi) is 7.88. The second-order valence-corrected chi connectivity index (χ2v) is 10.3. The van der Waals surface area contributed by atoms with Crippen molar-refractivity contribution in [2.45, 2.75) is 25.2 Å². The van der Waals surface area contributed by atoms with Gasteiger partial charge in [0.05, 0.1) is 12.7 Å². The number of carbonyl (C=O) groups is 2. The van der Waals surface area contributed by atoms with Crippen LogP contribution in [0.4, 0.5) is 14.5 Å². The van der Waals surface area contributed by atoms with E-state index in [1.165, 1.54) is 23.5 Å². The summed E-state index contributed by atoms with van der Waals surface area (Å²) in [6, 6.07) is 6.63. The lowest BCUT2D eigenvalue weighted by atomic mass is 9.94. The van der Waals surface area contributed by atoms with Crippen LogP contribution in [0.2, 0.25) is 0 Å². The monoisotopic (exact) mass is 496 g/mol. The molecule has 0 radical (unpaired) electrons. The van der Waals surface area contributed by atoms with Crippen LogP contribution in [0.5, 0.6) is 5.75 Å². The Bertz CT molecular complexity index is 1180. The van der Waals surface area contributed by atoms with E-state index < -0.39 is 40.1 Å². The summed E-state index contributed by atoms with van der Waals surface area (Å²) in [4.78, 5) is 24.3. The number of methoxy groups -OCH3 is 1. The van der Waals surface area contributed by atoms with Crippen molar-refractivity contribution in [3.8, 4) is 5.75 Å². The van der Waals surface area contributed by atoms with Crippen LogP contribution in [0.25, 0.3) is 0 Å². The van der Waals surface area contributed by atoms with Gasteiger partial charge in [0.1, 0.15) is 10.6 Å². The van der Waals surface area contributed by atoms with E-state index in [0.717, 1.165) is 30.7 Å². The normalized spacial score (nSPS) is 18.9. The lowest BCUT2D eigenvalue weighted by Gasteiger charge is -2.34. The molecule has 1 saturated heterocycles. The van der Waals surface area contributed by atoms with Crippen LogP contribution < -0.4 is 10.1 Å². The molecule has 0 spiro atoms. The molecule has 1 N–H and O–H groups in total. The Morgan fingerprint density at radius 3 is 2.35 bits per heavy atom. The van der Waals surface area contributed by atoms with Crippen molar-refractivity contribution >= 4 is 27.6 Å². The van der Waals surface area contributed by atoms with Crippen LogP contribution >= 0.6 is 0 Å². The van der Waals surface area contributed by atoms with Gasteiger partial charge >= 0.3 is 5.97 Å². The second-order valence-electron chi connectivity index (χ2n) is 8.39. The van der Waals surface area contributed by atoms with E-state index in [4.69, 9.17) is 9.47 Å². The van der Waals surface area contributed by atoms with Gasteiger partial charge < -0.3 is 14.8 Å². The maximum absolute atomic E-state index is 13.3. The molecule has 0 aromatic heterocycles. The largest absolute Gasteiger partial charge is 0.495 e. The fourth-order valence-corrected chi connectivity index (χ4v) is 5.79. The van der Waals surface area contributed by atoms with Crippen molar-refractivity contribution in [2.24, 2.45) is 11.8 Å². The number of amides is 1. The maximum atomic E-state index is 13.3. The summed E-state index contributed by atoms with van der Waals surface area (Å²) in [5.41, 5.74) is -0.0964. The number of esters is 1. The first-order valence-corrected chi connectivity index (χ1v) is 12.1. The zero-order chi connectivity index (χ0) is 25.0. The number of piperidine rings is 1. The summed E-state index contributed by atoms with van der Waals surface area (Å²) in [7, 11) is -2.62. The van der Waals surface area contributed by atoms with E-state index in [9.17, 15) is 26.8 Å². The third-order valence-electron chi connectivity index (χ3n) is 5.39. The summed E-state index contributed by atoms with van der Waals surface area (Å²) in [6.07, 6.45) is 0.919. The van der Waals surface area contributed by atoms with E-state index >= 15 is 0 Å². The molecule has 1 aliphatic heterocycles. The van der Waals surface area contributed by atoms with Crippen LogP contribution in [0.3, 0.4) is 0 Å². The molecule has 0 bridgehead atoms. The zero-order valence-corrected chi connectivity index (χ0v) is 19.8. The van der Waals surface area contributed by atoms with Crippen molar-refractivity contribution in [2.75, 3.05) is 32.1 Å². The molecular formula is C23H26F2N2O6S. The first-order valence-electron chi connectivity index (χ1n) is 10.6. The minimum absolute atomic E-state index is 0.0113. The first kappa shape index (κ1) is 25.6. The molecule has 11 heteroatoms. The maximum Gasteiger partial charge on any atom is 0.338 e. The number of benzene rings is 2. The van der Waals surface area contributed by atoms with Gasteiger partial charge in [-0.05, 0) is 48.6 Å². The average Bonchev–Trinajstić information content (AvgIpc) is 2.78. The topological polar surface area (TPSA) is 102 Å². The molecular weight excluding hydrogens is 470 g/mol. The van der Waals surface area contributed by atoms with Crippen LogP contribution in [0.1, 0.15) is 30.6 Å². The quantitative estimate of drug-likeness (QED) is 0.590. The Morgan fingerprint density at radius 1 is 1.06 bits per heavy atom. The third kappa shape index (κ3) is 5.89. The zero-order valence-electron chi connectivity index (χ0n) is 19.0. The predicted molar refractivity (Wildman–Crippen MR) is 120 cm³/mol. The highest BCUT2D eigenvalue weighted by molar-refractivity contribution is 7.89. The van der Waals surface area contributed by atoms with Crippen LogP contribution in [-0.2, 0) is 19.6 Å². The van der Waals surface area contributed by atoms with Gasteiger partial charge in [0.2, 0.25) is 10.0 Å². The second kappa shape index (κ2) is 10.5. The Balaban J connectivity index is 1.73. The lowest BCUT2D eigenvalue weighted by Crippen LogP contribution is -2.42. The van der Waals surface area contributed by atoms with E-state index in [2.05, 4.69) is 5.32 Å². The van der Waals surface area contributed by atoms with Crippen LogP contribution in [-0.4, -0.2) is 51.4 Å². The average molecular weight is 497 g/mol. The number of ether oxygens (including phenoxy) is 2. The molecule has 2 aromatic rings. The number of carbonyl (C=O) groups excluding carboxylic acids is 2. The first-order chi connectivity index (χ1) is 16.0. The molecule has 3 rings (SSSR count). The summed E-state index contributed by atoms with van der Waals surface area (Å²) < 4.78 is 64.5. The number of nitrogens with one attached hydrogen (secondary N) is 1. The van der Waals surface area contributed by atoms with Gasteiger partial charge in [-0.15, -0.1) is 0 Å². The minimum atomic E-state index is -3.95. The summed E-state index contributed by atoms with van der Waals surface area (Å²) in [6.45, 7) is 3.96. The van der Waals surface area contributed by atoms with Crippen molar-refractivity contribution < 1.29 is 36.3 Å². The SMILES string of the molecule is COc1ccc(C(=O)OCC(=O)Nc2ccc(F)c(F)c2)cc1S(=O)(=O)N1CC(C)CC(C)C1. The Labute approximate surface area is 196 Å². The van der Waals surface area contributed by atoms with Gasteiger partial charge in [-0.3, -0.25) is 4.79 Å². The molecule has 0 aliphatic carbocycles. The highest BCUT2D eigenvalue weighted by Gasteiger charge is 2.34. The molecule has 0 saturated carbocycles. The van der Waals surface area contributed by atoms with Crippen molar-refractivity contribution in [1.82, 2.24) is 4.31 Å². The number of anilines is 1. The lowest BCUT2D eigenvalue weighted by molar-refractivity contribution is -0.119. The fourth-order valence-electron chi connectivity index (χ4n) is 3.93. The molecule has 1 aliphatic rings. The number of sulfonamides is 1. The molecule has 2 aromatic carbocycles. The molecule has 1 amide bonds. The van der Waals surface area contributed by atoms with Gasteiger partial charge in [0, 0.05) is 24.8 Å².